The maximum atomic E-state index is 4.32. The Morgan fingerprint density at radius 3 is 2.41 bits per heavy atom. The highest BCUT2D eigenvalue weighted by molar-refractivity contribution is 5.59. The van der Waals surface area contributed by atoms with E-state index in [1.807, 2.05) is 41.1 Å². The lowest BCUT2D eigenvalue weighted by Gasteiger charge is -2.06. The van der Waals surface area contributed by atoms with E-state index >= 15 is 0 Å². The maximum absolute atomic E-state index is 4.32. The Morgan fingerprint density at radius 2 is 1.65 bits per heavy atom. The molecule has 4 heteroatoms. The van der Waals surface area contributed by atoms with Crippen LogP contribution in [0.2, 0.25) is 0 Å². The minimum absolute atomic E-state index is 0.953. The van der Waals surface area contributed by atoms with Crippen LogP contribution in [-0.2, 0) is 0 Å². The molecule has 3 aromatic rings. The molecule has 0 atom stereocenters. The number of nitrogens with zero attached hydrogens (tertiary/aromatic N) is 4. The quantitative estimate of drug-likeness (QED) is 0.668. The highest BCUT2D eigenvalue weighted by atomic mass is 15.3. The predicted molar refractivity (Wildman–Crippen MR) is 64.6 cm³/mol. The van der Waals surface area contributed by atoms with E-state index in [1.165, 1.54) is 6.33 Å². The van der Waals surface area contributed by atoms with Gasteiger partial charge in [0.25, 0.3) is 0 Å². The molecular weight excluding hydrogens is 212 g/mol. The van der Waals surface area contributed by atoms with E-state index in [1.54, 1.807) is 18.6 Å². The normalized spacial score (nSPS) is 10.4. The van der Waals surface area contributed by atoms with E-state index in [2.05, 4.69) is 15.1 Å². The summed E-state index contributed by atoms with van der Waals surface area (Å²) in [4.78, 5) is 8.05. The number of hydrogen-bond acceptors (Lipinski definition) is 3. The second-order valence-electron chi connectivity index (χ2n) is 3.59. The van der Waals surface area contributed by atoms with Gasteiger partial charge >= 0.3 is 0 Å². The smallest absolute Gasteiger partial charge is 0.115 e. The van der Waals surface area contributed by atoms with E-state index in [0.717, 1.165) is 16.9 Å². The Hall–Kier alpha value is -2.49. The molecule has 0 aliphatic rings. The third kappa shape index (κ3) is 1.80. The largest absolute Gasteiger partial charge is 0.244 e. The molecule has 2 aromatic heterocycles. The second kappa shape index (κ2) is 4.17. The fourth-order valence-electron chi connectivity index (χ4n) is 1.73. The second-order valence-corrected chi connectivity index (χ2v) is 3.59. The third-order valence-electron chi connectivity index (χ3n) is 2.50. The summed E-state index contributed by atoms with van der Waals surface area (Å²) in [6, 6.07) is 11.9. The highest BCUT2D eigenvalue weighted by Gasteiger charge is 2.06. The number of para-hydroxylation sites is 1. The fourth-order valence-corrected chi connectivity index (χ4v) is 1.73. The van der Waals surface area contributed by atoms with Gasteiger partial charge in [0.2, 0.25) is 0 Å². The van der Waals surface area contributed by atoms with Crippen molar-refractivity contribution >= 4 is 0 Å². The van der Waals surface area contributed by atoms with Gasteiger partial charge in [-0.1, -0.05) is 18.2 Å². The van der Waals surface area contributed by atoms with Gasteiger partial charge < -0.3 is 0 Å². The van der Waals surface area contributed by atoms with Crippen LogP contribution in [0.4, 0.5) is 0 Å². The van der Waals surface area contributed by atoms with Crippen molar-refractivity contribution in [3.63, 3.8) is 0 Å². The van der Waals surface area contributed by atoms with Crippen molar-refractivity contribution < 1.29 is 0 Å². The molecule has 0 unspecified atom stereocenters. The molecule has 0 bridgehead atoms. The first-order chi connectivity index (χ1) is 8.45. The first-order valence-electron chi connectivity index (χ1n) is 5.30. The van der Waals surface area contributed by atoms with Gasteiger partial charge in [0.1, 0.15) is 6.33 Å². The Morgan fingerprint density at radius 1 is 0.882 bits per heavy atom. The summed E-state index contributed by atoms with van der Waals surface area (Å²) in [6.45, 7) is 0. The van der Waals surface area contributed by atoms with Crippen LogP contribution in [0.15, 0.2) is 61.3 Å². The molecule has 17 heavy (non-hydrogen) atoms. The molecule has 3 rings (SSSR count). The lowest BCUT2D eigenvalue weighted by Crippen LogP contribution is -1.98. The first-order valence-corrected chi connectivity index (χ1v) is 5.30. The van der Waals surface area contributed by atoms with Crippen LogP contribution < -0.4 is 0 Å². The third-order valence-corrected chi connectivity index (χ3v) is 2.50. The summed E-state index contributed by atoms with van der Waals surface area (Å²) in [7, 11) is 0. The van der Waals surface area contributed by atoms with Crippen molar-refractivity contribution in [3.05, 3.63) is 61.3 Å². The summed E-state index contributed by atoms with van der Waals surface area (Å²) in [5, 5.41) is 4.32. The average Bonchev–Trinajstić information content (AvgIpc) is 2.90. The Bertz CT molecular complexity index is 548. The van der Waals surface area contributed by atoms with Gasteiger partial charge in [-0.15, -0.1) is 0 Å². The summed E-state index contributed by atoms with van der Waals surface area (Å²) >= 11 is 0. The molecule has 0 fully saturated rings. The molecule has 0 radical (unpaired) electrons. The number of aromatic nitrogens is 4. The van der Waals surface area contributed by atoms with E-state index in [4.69, 9.17) is 0 Å². The molecule has 0 saturated carbocycles. The Balaban J connectivity index is 2.13. The van der Waals surface area contributed by atoms with Crippen molar-refractivity contribution in [1.29, 1.82) is 0 Å². The zero-order valence-electron chi connectivity index (χ0n) is 9.06. The van der Waals surface area contributed by atoms with Gasteiger partial charge in [-0.25, -0.2) is 14.6 Å². The van der Waals surface area contributed by atoms with Crippen molar-refractivity contribution in [2.24, 2.45) is 0 Å². The lowest BCUT2D eigenvalue weighted by molar-refractivity contribution is 0.886. The van der Waals surface area contributed by atoms with E-state index in [9.17, 15) is 0 Å². The van der Waals surface area contributed by atoms with Crippen molar-refractivity contribution in [3.8, 4) is 16.9 Å². The molecule has 1 aromatic carbocycles. The zero-order valence-corrected chi connectivity index (χ0v) is 9.06. The molecule has 0 spiro atoms. The molecule has 0 aliphatic carbocycles. The fraction of sp³-hybridized carbons (Fsp3) is 0. The van der Waals surface area contributed by atoms with Crippen LogP contribution >= 0.6 is 0 Å². The Kier molecular flexibility index (Phi) is 2.38. The topological polar surface area (TPSA) is 43.6 Å². The zero-order chi connectivity index (χ0) is 11.5. The van der Waals surface area contributed by atoms with E-state index in [0.29, 0.717) is 0 Å². The van der Waals surface area contributed by atoms with Crippen LogP contribution in [-0.4, -0.2) is 19.7 Å². The standard InChI is InChI=1S/C13H10N4/c1-2-4-12(5-3-1)17-13(6-7-16-17)11-8-14-10-15-9-11/h1-10H. The van der Waals surface area contributed by atoms with Gasteiger partial charge in [0.05, 0.1) is 17.6 Å². The maximum Gasteiger partial charge on any atom is 0.115 e. The minimum atomic E-state index is 0.953. The van der Waals surface area contributed by atoms with Gasteiger partial charge in [0, 0.05) is 18.0 Å². The van der Waals surface area contributed by atoms with Crippen LogP contribution in [0.3, 0.4) is 0 Å². The number of rotatable bonds is 2. The summed E-state index contributed by atoms with van der Waals surface area (Å²) in [6.07, 6.45) is 6.86. The molecule has 0 N–H and O–H groups in total. The molecule has 0 amide bonds. The lowest BCUT2D eigenvalue weighted by atomic mass is 10.2. The monoisotopic (exact) mass is 222 g/mol. The van der Waals surface area contributed by atoms with Crippen LogP contribution in [0.25, 0.3) is 16.9 Å². The van der Waals surface area contributed by atoms with Gasteiger partial charge in [-0.3, -0.25) is 0 Å². The minimum Gasteiger partial charge on any atom is -0.244 e. The first kappa shape index (κ1) is 9.72. The predicted octanol–water partition coefficient (Wildman–Crippen LogP) is 2.33. The van der Waals surface area contributed by atoms with Crippen molar-refractivity contribution in [1.82, 2.24) is 19.7 Å². The summed E-state index contributed by atoms with van der Waals surface area (Å²) < 4.78 is 1.87. The van der Waals surface area contributed by atoms with Gasteiger partial charge in [-0.2, -0.15) is 5.10 Å². The molecule has 4 nitrogen and oxygen atoms in total. The molecule has 2 heterocycles. The van der Waals surface area contributed by atoms with Gasteiger partial charge in [0.15, 0.2) is 0 Å². The van der Waals surface area contributed by atoms with E-state index < -0.39 is 0 Å². The summed E-state index contributed by atoms with van der Waals surface area (Å²) in [5.74, 6) is 0. The van der Waals surface area contributed by atoms with E-state index in [-0.39, 0.29) is 0 Å². The Labute approximate surface area is 98.6 Å². The van der Waals surface area contributed by atoms with Crippen molar-refractivity contribution in [2.75, 3.05) is 0 Å². The van der Waals surface area contributed by atoms with Crippen LogP contribution in [0.5, 0.6) is 0 Å². The average molecular weight is 222 g/mol. The number of benzene rings is 1. The highest BCUT2D eigenvalue weighted by Crippen LogP contribution is 2.20. The van der Waals surface area contributed by atoms with Crippen LogP contribution in [0.1, 0.15) is 0 Å². The van der Waals surface area contributed by atoms with Crippen molar-refractivity contribution in [2.45, 2.75) is 0 Å². The molecule has 0 aliphatic heterocycles. The SMILES string of the molecule is c1ccc(-n2nccc2-c2cncnc2)cc1. The van der Waals surface area contributed by atoms with Crippen LogP contribution in [0, 0.1) is 0 Å². The van der Waals surface area contributed by atoms with Gasteiger partial charge in [-0.05, 0) is 18.2 Å². The summed E-state index contributed by atoms with van der Waals surface area (Å²) in [5.41, 5.74) is 2.96. The molecular formula is C13H10N4. The molecule has 82 valence electrons. The number of hydrogen-bond donors (Lipinski definition) is 0. The molecule has 0 saturated heterocycles.